The predicted octanol–water partition coefficient (Wildman–Crippen LogP) is 2.04. The zero-order valence-electron chi connectivity index (χ0n) is 10.3. The van der Waals surface area contributed by atoms with E-state index in [1.807, 2.05) is 13.0 Å². The van der Waals surface area contributed by atoms with Crippen LogP contribution in [0.2, 0.25) is 0 Å². The van der Waals surface area contributed by atoms with Gasteiger partial charge in [-0.05, 0) is 24.6 Å². The lowest BCUT2D eigenvalue weighted by Gasteiger charge is -2.07. The second-order valence-corrected chi connectivity index (χ2v) is 5.36. The van der Waals surface area contributed by atoms with Gasteiger partial charge in [0.2, 0.25) is 10.0 Å². The molecule has 0 aliphatic heterocycles. The summed E-state index contributed by atoms with van der Waals surface area (Å²) < 4.78 is 29.5. The van der Waals surface area contributed by atoms with E-state index < -0.39 is 10.0 Å². The van der Waals surface area contributed by atoms with E-state index >= 15 is 0 Å². The van der Waals surface area contributed by atoms with E-state index in [2.05, 4.69) is 4.72 Å². The van der Waals surface area contributed by atoms with Gasteiger partial charge in [0.15, 0.2) is 5.90 Å². The summed E-state index contributed by atoms with van der Waals surface area (Å²) >= 11 is 0. The minimum absolute atomic E-state index is 0. The van der Waals surface area contributed by atoms with Gasteiger partial charge in [-0.1, -0.05) is 12.1 Å². The number of hydrogen-bond acceptors (Lipinski definition) is 4. The van der Waals surface area contributed by atoms with Crippen molar-refractivity contribution >= 4 is 34.0 Å². The summed E-state index contributed by atoms with van der Waals surface area (Å²) in [5.41, 5.74) is 1.33. The first-order valence-electron chi connectivity index (χ1n) is 5.17. The number of sulfonamides is 1. The van der Waals surface area contributed by atoms with Gasteiger partial charge >= 0.3 is 0 Å². The second-order valence-electron chi connectivity index (χ2n) is 3.61. The quantitative estimate of drug-likeness (QED) is 0.644. The number of halogens is 1. The average molecular weight is 293 g/mol. The molecule has 0 heterocycles. The molecule has 1 rings (SSSR count). The molecule has 0 spiro atoms. The SMILES string of the molecule is CCOC(=N)Cc1cccc(NS(C)(=O)=O)c1.Cl. The lowest BCUT2D eigenvalue weighted by Crippen LogP contribution is -2.10. The Morgan fingerprint density at radius 3 is 2.67 bits per heavy atom. The number of anilines is 1. The molecule has 1 aromatic carbocycles. The maximum absolute atomic E-state index is 11.1. The minimum atomic E-state index is -3.27. The van der Waals surface area contributed by atoms with E-state index in [9.17, 15) is 8.42 Å². The Balaban J connectivity index is 0.00000289. The van der Waals surface area contributed by atoms with Crippen molar-refractivity contribution in [2.45, 2.75) is 13.3 Å². The summed E-state index contributed by atoms with van der Waals surface area (Å²) in [6.45, 7) is 2.27. The van der Waals surface area contributed by atoms with Crippen molar-refractivity contribution in [1.82, 2.24) is 0 Å². The van der Waals surface area contributed by atoms with Crippen LogP contribution >= 0.6 is 12.4 Å². The van der Waals surface area contributed by atoms with Gasteiger partial charge in [0.25, 0.3) is 0 Å². The van der Waals surface area contributed by atoms with Crippen molar-refractivity contribution in [1.29, 1.82) is 5.41 Å². The van der Waals surface area contributed by atoms with Gasteiger partial charge in [0.05, 0.1) is 12.9 Å². The molecular weight excluding hydrogens is 276 g/mol. The summed E-state index contributed by atoms with van der Waals surface area (Å²) in [5.74, 6) is 0.170. The molecule has 5 nitrogen and oxygen atoms in total. The molecule has 0 aliphatic carbocycles. The fourth-order valence-electron chi connectivity index (χ4n) is 1.37. The first-order valence-corrected chi connectivity index (χ1v) is 7.07. The Bertz CT molecular complexity index is 503. The molecule has 0 saturated carbocycles. The summed E-state index contributed by atoms with van der Waals surface area (Å²) in [5, 5.41) is 7.52. The first-order chi connectivity index (χ1) is 7.90. The van der Waals surface area contributed by atoms with E-state index in [1.54, 1.807) is 18.2 Å². The van der Waals surface area contributed by atoms with Crippen LogP contribution in [0.3, 0.4) is 0 Å². The molecule has 0 unspecified atom stereocenters. The molecule has 1 aromatic rings. The van der Waals surface area contributed by atoms with Gasteiger partial charge in [0, 0.05) is 12.1 Å². The number of benzene rings is 1. The van der Waals surface area contributed by atoms with Gasteiger partial charge in [-0.3, -0.25) is 10.1 Å². The van der Waals surface area contributed by atoms with E-state index in [0.717, 1.165) is 11.8 Å². The van der Waals surface area contributed by atoms with Gasteiger partial charge in [-0.2, -0.15) is 0 Å². The van der Waals surface area contributed by atoms with Crippen molar-refractivity contribution in [2.24, 2.45) is 0 Å². The van der Waals surface area contributed by atoms with Crippen molar-refractivity contribution in [2.75, 3.05) is 17.6 Å². The molecule has 18 heavy (non-hydrogen) atoms. The molecule has 0 atom stereocenters. The van der Waals surface area contributed by atoms with Crippen LogP contribution < -0.4 is 4.72 Å². The van der Waals surface area contributed by atoms with Gasteiger partial charge in [-0.15, -0.1) is 12.4 Å². The van der Waals surface area contributed by atoms with Crippen LogP contribution in [0, 0.1) is 5.41 Å². The fraction of sp³-hybridized carbons (Fsp3) is 0.364. The lowest BCUT2D eigenvalue weighted by atomic mass is 10.1. The Kier molecular flexibility index (Phi) is 6.72. The highest BCUT2D eigenvalue weighted by molar-refractivity contribution is 7.92. The maximum atomic E-state index is 11.1. The van der Waals surface area contributed by atoms with Crippen molar-refractivity contribution < 1.29 is 13.2 Å². The maximum Gasteiger partial charge on any atom is 0.229 e. The van der Waals surface area contributed by atoms with Gasteiger partial charge in [0.1, 0.15) is 0 Å². The summed E-state index contributed by atoms with van der Waals surface area (Å²) in [4.78, 5) is 0. The Hall–Kier alpha value is -1.27. The molecule has 0 fully saturated rings. The van der Waals surface area contributed by atoms with Gasteiger partial charge < -0.3 is 4.74 Å². The highest BCUT2D eigenvalue weighted by Gasteiger charge is 2.04. The third-order valence-corrected chi connectivity index (χ3v) is 2.52. The van der Waals surface area contributed by atoms with E-state index in [-0.39, 0.29) is 18.3 Å². The van der Waals surface area contributed by atoms with Crippen molar-refractivity contribution in [3.63, 3.8) is 0 Å². The zero-order chi connectivity index (χ0) is 12.9. The average Bonchev–Trinajstić information content (AvgIpc) is 2.15. The summed E-state index contributed by atoms with van der Waals surface area (Å²) in [6.07, 6.45) is 1.45. The molecule has 0 bridgehead atoms. The Morgan fingerprint density at radius 1 is 1.44 bits per heavy atom. The fourth-order valence-corrected chi connectivity index (χ4v) is 1.92. The summed E-state index contributed by atoms with van der Waals surface area (Å²) in [6, 6.07) is 6.91. The molecule has 102 valence electrons. The highest BCUT2D eigenvalue weighted by Crippen LogP contribution is 2.12. The predicted molar refractivity (Wildman–Crippen MR) is 75.2 cm³/mol. The molecule has 7 heteroatoms. The lowest BCUT2D eigenvalue weighted by molar-refractivity contribution is 0.317. The largest absolute Gasteiger partial charge is 0.481 e. The third-order valence-electron chi connectivity index (χ3n) is 1.91. The number of rotatable bonds is 5. The first kappa shape index (κ1) is 16.7. The number of ether oxygens (including phenoxy) is 1. The summed E-state index contributed by atoms with van der Waals surface area (Å²) in [7, 11) is -3.27. The highest BCUT2D eigenvalue weighted by atomic mass is 35.5. The van der Waals surface area contributed by atoms with Crippen molar-refractivity contribution in [3.05, 3.63) is 29.8 Å². The monoisotopic (exact) mass is 292 g/mol. The van der Waals surface area contributed by atoms with Crippen LogP contribution in [0.25, 0.3) is 0 Å². The zero-order valence-corrected chi connectivity index (χ0v) is 11.9. The molecule has 0 radical (unpaired) electrons. The third kappa shape index (κ3) is 6.46. The van der Waals surface area contributed by atoms with E-state index in [0.29, 0.717) is 18.7 Å². The minimum Gasteiger partial charge on any atom is -0.481 e. The molecule has 0 aliphatic rings. The normalized spacial score (nSPS) is 10.3. The topological polar surface area (TPSA) is 79.2 Å². The standard InChI is InChI=1S/C11H16N2O3S.ClH/c1-3-16-11(12)8-9-5-4-6-10(7-9)13-17(2,14)15;/h4-7,12-13H,3,8H2,1-2H3;1H. The van der Waals surface area contributed by atoms with E-state index in [4.69, 9.17) is 10.1 Å². The van der Waals surface area contributed by atoms with E-state index in [1.165, 1.54) is 0 Å². The van der Waals surface area contributed by atoms with Crippen LogP contribution in [0.4, 0.5) is 5.69 Å². The van der Waals surface area contributed by atoms with Gasteiger partial charge in [-0.25, -0.2) is 8.42 Å². The van der Waals surface area contributed by atoms with Crippen LogP contribution in [-0.4, -0.2) is 27.2 Å². The number of nitrogens with one attached hydrogen (secondary N) is 2. The molecule has 0 amide bonds. The van der Waals surface area contributed by atoms with Crippen LogP contribution in [0.5, 0.6) is 0 Å². The van der Waals surface area contributed by atoms with Crippen LogP contribution in [0.1, 0.15) is 12.5 Å². The molecule has 0 saturated heterocycles. The molecule has 2 N–H and O–H groups in total. The van der Waals surface area contributed by atoms with Crippen LogP contribution in [-0.2, 0) is 21.2 Å². The van der Waals surface area contributed by atoms with Crippen LogP contribution in [0.15, 0.2) is 24.3 Å². The Labute approximate surface area is 114 Å². The Morgan fingerprint density at radius 2 is 2.11 bits per heavy atom. The molecular formula is C11H17ClN2O3S. The second kappa shape index (κ2) is 7.23. The molecule has 0 aromatic heterocycles. The van der Waals surface area contributed by atoms with Crippen molar-refractivity contribution in [3.8, 4) is 0 Å². The number of hydrogen-bond donors (Lipinski definition) is 2. The smallest absolute Gasteiger partial charge is 0.229 e.